The largest absolute Gasteiger partial charge is 0.486 e. The lowest BCUT2D eigenvalue weighted by atomic mass is 10.2. The molecule has 19 heavy (non-hydrogen) atoms. The van der Waals surface area contributed by atoms with Crippen molar-refractivity contribution in [2.24, 2.45) is 0 Å². The standard InChI is InChI=1S/C14H9Br2ClO2/c15-11-5-9(7-18)6-12(16)14(11)19-8-10-3-1-2-4-13(10)17/h1-7H,8H2. The lowest BCUT2D eigenvalue weighted by Gasteiger charge is -2.11. The topological polar surface area (TPSA) is 26.3 Å². The van der Waals surface area contributed by atoms with Crippen LogP contribution >= 0.6 is 43.5 Å². The first kappa shape index (κ1) is 14.6. The lowest BCUT2D eigenvalue weighted by molar-refractivity contribution is 0.112. The van der Waals surface area contributed by atoms with E-state index in [1.54, 1.807) is 12.1 Å². The van der Waals surface area contributed by atoms with Crippen molar-refractivity contribution in [1.29, 1.82) is 0 Å². The molecule has 0 heterocycles. The van der Waals surface area contributed by atoms with E-state index in [9.17, 15) is 4.79 Å². The molecule has 0 amide bonds. The van der Waals surface area contributed by atoms with Crippen molar-refractivity contribution in [3.63, 3.8) is 0 Å². The highest BCUT2D eigenvalue weighted by Crippen LogP contribution is 2.35. The maximum absolute atomic E-state index is 10.7. The van der Waals surface area contributed by atoms with Crippen LogP contribution in [0.15, 0.2) is 45.3 Å². The van der Waals surface area contributed by atoms with Crippen LogP contribution in [0.2, 0.25) is 5.02 Å². The highest BCUT2D eigenvalue weighted by molar-refractivity contribution is 9.11. The number of aldehydes is 1. The number of ether oxygens (including phenoxy) is 1. The average molecular weight is 404 g/mol. The van der Waals surface area contributed by atoms with Gasteiger partial charge in [0, 0.05) is 16.1 Å². The summed E-state index contributed by atoms with van der Waals surface area (Å²) in [5.74, 6) is 0.644. The van der Waals surface area contributed by atoms with Crippen LogP contribution in [0.25, 0.3) is 0 Å². The second-order valence-electron chi connectivity index (χ2n) is 3.81. The molecule has 0 aliphatic rings. The van der Waals surface area contributed by atoms with Crippen LogP contribution in [0.1, 0.15) is 15.9 Å². The van der Waals surface area contributed by atoms with Gasteiger partial charge in [-0.05, 0) is 50.1 Å². The Kier molecular flexibility index (Phi) is 5.02. The van der Waals surface area contributed by atoms with Gasteiger partial charge in [-0.15, -0.1) is 0 Å². The quantitative estimate of drug-likeness (QED) is 0.650. The third kappa shape index (κ3) is 3.59. The lowest BCUT2D eigenvalue weighted by Crippen LogP contribution is -1.98. The van der Waals surface area contributed by atoms with Gasteiger partial charge in [0.25, 0.3) is 0 Å². The van der Waals surface area contributed by atoms with Gasteiger partial charge in [-0.2, -0.15) is 0 Å². The molecule has 0 unspecified atom stereocenters. The van der Waals surface area contributed by atoms with Crippen LogP contribution in [0.4, 0.5) is 0 Å². The summed E-state index contributed by atoms with van der Waals surface area (Å²) in [5.41, 5.74) is 1.48. The molecule has 2 rings (SSSR count). The fourth-order valence-electron chi connectivity index (χ4n) is 1.55. The predicted molar refractivity (Wildman–Crippen MR) is 83.0 cm³/mol. The fraction of sp³-hybridized carbons (Fsp3) is 0.0714. The SMILES string of the molecule is O=Cc1cc(Br)c(OCc2ccccc2Cl)c(Br)c1. The van der Waals surface area contributed by atoms with Crippen LogP contribution < -0.4 is 4.74 Å². The van der Waals surface area contributed by atoms with Gasteiger partial charge in [-0.25, -0.2) is 0 Å². The molecule has 2 aromatic carbocycles. The van der Waals surface area contributed by atoms with Gasteiger partial charge < -0.3 is 4.74 Å². The van der Waals surface area contributed by atoms with E-state index >= 15 is 0 Å². The van der Waals surface area contributed by atoms with E-state index in [1.165, 1.54) is 0 Å². The van der Waals surface area contributed by atoms with Crippen molar-refractivity contribution in [1.82, 2.24) is 0 Å². The summed E-state index contributed by atoms with van der Waals surface area (Å²) in [6, 6.07) is 10.9. The van der Waals surface area contributed by atoms with Crippen molar-refractivity contribution in [3.05, 3.63) is 61.5 Å². The summed E-state index contributed by atoms with van der Waals surface area (Å²) in [7, 11) is 0. The summed E-state index contributed by atoms with van der Waals surface area (Å²) >= 11 is 12.8. The van der Waals surface area contributed by atoms with Gasteiger partial charge in [-0.1, -0.05) is 29.8 Å². The number of hydrogen-bond acceptors (Lipinski definition) is 2. The van der Waals surface area contributed by atoms with Crippen molar-refractivity contribution in [2.45, 2.75) is 6.61 Å². The zero-order chi connectivity index (χ0) is 13.8. The summed E-state index contributed by atoms with van der Waals surface area (Å²) in [4.78, 5) is 10.7. The Labute approximate surface area is 133 Å². The minimum absolute atomic E-state index is 0.358. The minimum Gasteiger partial charge on any atom is -0.486 e. The maximum Gasteiger partial charge on any atom is 0.150 e. The van der Waals surface area contributed by atoms with Crippen molar-refractivity contribution < 1.29 is 9.53 Å². The first-order valence-corrected chi connectivity index (χ1v) is 7.38. The molecule has 0 saturated heterocycles. The van der Waals surface area contributed by atoms with E-state index in [0.29, 0.717) is 22.9 Å². The number of rotatable bonds is 4. The normalized spacial score (nSPS) is 10.3. The van der Waals surface area contributed by atoms with Gasteiger partial charge in [0.1, 0.15) is 18.6 Å². The fourth-order valence-corrected chi connectivity index (χ4v) is 3.19. The second-order valence-corrected chi connectivity index (χ2v) is 5.93. The molecule has 2 nitrogen and oxygen atoms in total. The molecule has 0 spiro atoms. The summed E-state index contributed by atoms with van der Waals surface area (Å²) < 4.78 is 7.18. The minimum atomic E-state index is 0.358. The first-order valence-electron chi connectivity index (χ1n) is 5.42. The summed E-state index contributed by atoms with van der Waals surface area (Å²) in [6.07, 6.45) is 0.785. The molecule has 0 aliphatic heterocycles. The van der Waals surface area contributed by atoms with E-state index in [1.807, 2.05) is 24.3 Å². The molecule has 0 saturated carbocycles. The number of carbonyl (C=O) groups excluding carboxylic acids is 1. The molecule has 0 aliphatic carbocycles. The Bertz CT molecular complexity index is 591. The van der Waals surface area contributed by atoms with Crippen LogP contribution in [0.3, 0.4) is 0 Å². The van der Waals surface area contributed by atoms with Crippen LogP contribution in [-0.2, 0) is 6.61 Å². The highest BCUT2D eigenvalue weighted by atomic mass is 79.9. The van der Waals surface area contributed by atoms with Gasteiger partial charge in [0.2, 0.25) is 0 Å². The highest BCUT2D eigenvalue weighted by Gasteiger charge is 2.10. The molecular formula is C14H9Br2ClO2. The molecular weight excluding hydrogens is 395 g/mol. The molecule has 2 aromatic rings. The van der Waals surface area contributed by atoms with Crippen molar-refractivity contribution in [2.75, 3.05) is 0 Å². The van der Waals surface area contributed by atoms with Gasteiger partial charge in [-0.3, -0.25) is 4.79 Å². The smallest absolute Gasteiger partial charge is 0.150 e. The van der Waals surface area contributed by atoms with Gasteiger partial charge in [0.05, 0.1) is 8.95 Å². The number of carbonyl (C=O) groups is 1. The Balaban J connectivity index is 2.21. The molecule has 5 heteroatoms. The third-order valence-corrected chi connectivity index (χ3v) is 4.03. The van der Waals surface area contributed by atoms with E-state index in [4.69, 9.17) is 16.3 Å². The Hall–Kier alpha value is -0.840. The monoisotopic (exact) mass is 402 g/mol. The molecule has 0 atom stereocenters. The summed E-state index contributed by atoms with van der Waals surface area (Å²) in [6.45, 7) is 0.358. The van der Waals surface area contributed by atoms with Crippen molar-refractivity contribution >= 4 is 49.7 Å². The zero-order valence-electron chi connectivity index (χ0n) is 9.70. The Morgan fingerprint density at radius 3 is 2.37 bits per heavy atom. The first-order chi connectivity index (χ1) is 9.11. The number of benzene rings is 2. The average Bonchev–Trinajstić information content (AvgIpc) is 2.39. The van der Waals surface area contributed by atoms with Crippen LogP contribution in [-0.4, -0.2) is 6.29 Å². The molecule has 0 fully saturated rings. The van der Waals surface area contributed by atoms with E-state index in [0.717, 1.165) is 20.8 Å². The molecule has 0 radical (unpaired) electrons. The number of halogens is 3. The Morgan fingerprint density at radius 1 is 1.16 bits per heavy atom. The molecule has 0 bridgehead atoms. The van der Waals surface area contributed by atoms with Gasteiger partial charge >= 0.3 is 0 Å². The molecule has 0 N–H and O–H groups in total. The van der Waals surface area contributed by atoms with E-state index < -0.39 is 0 Å². The zero-order valence-corrected chi connectivity index (χ0v) is 13.6. The Morgan fingerprint density at radius 2 is 1.79 bits per heavy atom. The van der Waals surface area contributed by atoms with E-state index in [2.05, 4.69) is 31.9 Å². The molecule has 98 valence electrons. The maximum atomic E-state index is 10.7. The van der Waals surface area contributed by atoms with Crippen LogP contribution in [0, 0.1) is 0 Å². The van der Waals surface area contributed by atoms with Gasteiger partial charge in [0.15, 0.2) is 0 Å². The van der Waals surface area contributed by atoms with E-state index in [-0.39, 0.29) is 0 Å². The third-order valence-electron chi connectivity index (χ3n) is 2.49. The number of hydrogen-bond donors (Lipinski definition) is 0. The second kappa shape index (κ2) is 6.55. The summed E-state index contributed by atoms with van der Waals surface area (Å²) in [5, 5.41) is 0.666. The predicted octanol–water partition coefficient (Wildman–Crippen LogP) is 5.26. The van der Waals surface area contributed by atoms with Crippen molar-refractivity contribution in [3.8, 4) is 5.75 Å². The molecule has 0 aromatic heterocycles. The van der Waals surface area contributed by atoms with Crippen LogP contribution in [0.5, 0.6) is 5.75 Å².